The van der Waals surface area contributed by atoms with E-state index in [1.165, 1.54) is 22.5 Å². The molecule has 2 aliphatic heterocycles. The Balaban J connectivity index is 1.33. The third kappa shape index (κ3) is 3.46. The van der Waals surface area contributed by atoms with Gasteiger partial charge in [0.05, 0.1) is 0 Å². The van der Waals surface area contributed by atoms with Crippen LogP contribution in [0.2, 0.25) is 0 Å². The maximum Gasteiger partial charge on any atom is 0.173 e. The Morgan fingerprint density at radius 2 is 1.77 bits per heavy atom. The van der Waals surface area contributed by atoms with E-state index in [1.807, 2.05) is 24.4 Å². The highest BCUT2D eigenvalue weighted by molar-refractivity contribution is 7.80. The summed E-state index contributed by atoms with van der Waals surface area (Å²) in [4.78, 5) is 4.60. The van der Waals surface area contributed by atoms with Gasteiger partial charge in [-0.3, -0.25) is 0 Å². The largest absolute Gasteiger partial charge is 0.399 e. The molecular formula is C20H23N5S. The number of para-hydroxylation sites is 1. The van der Waals surface area contributed by atoms with Gasteiger partial charge in [0.25, 0.3) is 0 Å². The minimum absolute atomic E-state index is 0.791. The lowest BCUT2D eigenvalue weighted by atomic mass is 10.1. The van der Waals surface area contributed by atoms with E-state index in [-0.39, 0.29) is 0 Å². The van der Waals surface area contributed by atoms with E-state index >= 15 is 0 Å². The normalized spacial score (nSPS) is 17.8. The average Bonchev–Trinajstić information content (AvgIpc) is 3.10. The summed E-state index contributed by atoms with van der Waals surface area (Å²) in [5, 5.41) is 7.51. The SMILES string of the molecule is Nc1ccc(N2CCN(C(=S)N/C=C3/CNc4ccccc43)CC2)cc1. The van der Waals surface area contributed by atoms with Gasteiger partial charge < -0.3 is 26.2 Å². The molecule has 4 rings (SSSR count). The molecule has 2 aromatic rings. The molecule has 0 aliphatic carbocycles. The number of piperazine rings is 1. The molecule has 134 valence electrons. The Kier molecular flexibility index (Phi) is 4.67. The van der Waals surface area contributed by atoms with Gasteiger partial charge in [0.1, 0.15) is 0 Å². The zero-order valence-corrected chi connectivity index (χ0v) is 15.4. The van der Waals surface area contributed by atoms with Gasteiger partial charge >= 0.3 is 0 Å². The number of nitrogens with zero attached hydrogens (tertiary/aromatic N) is 2. The number of benzene rings is 2. The fraction of sp³-hybridized carbons (Fsp3) is 0.250. The Morgan fingerprint density at radius 1 is 1.04 bits per heavy atom. The summed E-state index contributed by atoms with van der Waals surface area (Å²) in [7, 11) is 0. The second-order valence-corrected chi connectivity index (χ2v) is 6.97. The van der Waals surface area contributed by atoms with Crippen molar-refractivity contribution >= 4 is 40.0 Å². The minimum atomic E-state index is 0.791. The lowest BCUT2D eigenvalue weighted by Gasteiger charge is -2.37. The first-order valence-corrected chi connectivity index (χ1v) is 9.30. The van der Waals surface area contributed by atoms with Crippen LogP contribution < -0.4 is 21.3 Å². The predicted octanol–water partition coefficient (Wildman–Crippen LogP) is 2.73. The monoisotopic (exact) mass is 365 g/mol. The highest BCUT2D eigenvalue weighted by Gasteiger charge is 2.19. The standard InChI is InChI=1S/C20H23N5S/c21-16-5-7-17(8-6-16)24-9-11-25(12-10-24)20(26)23-14-15-13-22-19-4-2-1-3-18(15)19/h1-8,14,22H,9-13,21H2,(H,23,26)/b15-14-. The van der Waals surface area contributed by atoms with Crippen molar-refractivity contribution in [1.82, 2.24) is 10.2 Å². The molecule has 26 heavy (non-hydrogen) atoms. The summed E-state index contributed by atoms with van der Waals surface area (Å²) >= 11 is 5.59. The van der Waals surface area contributed by atoms with Gasteiger partial charge in [0, 0.05) is 61.5 Å². The molecular weight excluding hydrogens is 342 g/mol. The van der Waals surface area contributed by atoms with Gasteiger partial charge in [-0.2, -0.15) is 0 Å². The van der Waals surface area contributed by atoms with Crippen molar-refractivity contribution < 1.29 is 0 Å². The first kappa shape index (κ1) is 16.7. The number of rotatable bonds is 2. The zero-order valence-electron chi connectivity index (χ0n) is 14.6. The van der Waals surface area contributed by atoms with E-state index in [0.717, 1.165) is 43.5 Å². The fourth-order valence-electron chi connectivity index (χ4n) is 3.42. The molecule has 4 N–H and O–H groups in total. The highest BCUT2D eigenvalue weighted by Crippen LogP contribution is 2.29. The van der Waals surface area contributed by atoms with Crippen molar-refractivity contribution in [1.29, 1.82) is 0 Å². The number of thiocarbonyl (C=S) groups is 1. The smallest absolute Gasteiger partial charge is 0.173 e. The third-order valence-electron chi connectivity index (χ3n) is 4.94. The van der Waals surface area contributed by atoms with Crippen molar-refractivity contribution in [3.05, 3.63) is 60.3 Å². The number of nitrogens with two attached hydrogens (primary N) is 1. The van der Waals surface area contributed by atoms with E-state index in [2.05, 4.69) is 50.8 Å². The van der Waals surface area contributed by atoms with Crippen molar-refractivity contribution in [3.8, 4) is 0 Å². The van der Waals surface area contributed by atoms with Crippen molar-refractivity contribution in [2.75, 3.05) is 48.7 Å². The maximum absolute atomic E-state index is 5.77. The summed E-state index contributed by atoms with van der Waals surface area (Å²) < 4.78 is 0. The molecule has 0 saturated carbocycles. The number of nitrogen functional groups attached to an aromatic ring is 1. The van der Waals surface area contributed by atoms with E-state index in [1.54, 1.807) is 0 Å². The Morgan fingerprint density at radius 3 is 2.54 bits per heavy atom. The molecule has 0 unspecified atom stereocenters. The van der Waals surface area contributed by atoms with Gasteiger partial charge in [-0.05, 0) is 48.1 Å². The van der Waals surface area contributed by atoms with Crippen LogP contribution >= 0.6 is 12.2 Å². The zero-order chi connectivity index (χ0) is 17.9. The fourth-order valence-corrected chi connectivity index (χ4v) is 3.67. The van der Waals surface area contributed by atoms with Crippen LogP contribution in [0.4, 0.5) is 17.1 Å². The van der Waals surface area contributed by atoms with E-state index in [9.17, 15) is 0 Å². The molecule has 0 radical (unpaired) electrons. The number of hydrogen-bond donors (Lipinski definition) is 3. The molecule has 2 aliphatic rings. The summed E-state index contributed by atoms with van der Waals surface area (Å²) in [5.74, 6) is 0. The molecule has 1 saturated heterocycles. The van der Waals surface area contributed by atoms with Gasteiger partial charge in [-0.1, -0.05) is 18.2 Å². The summed E-state index contributed by atoms with van der Waals surface area (Å²) in [6.45, 7) is 4.56. The van der Waals surface area contributed by atoms with Gasteiger partial charge in [0.15, 0.2) is 5.11 Å². The molecule has 0 spiro atoms. The number of fused-ring (bicyclic) bond motifs is 1. The molecule has 2 heterocycles. The molecule has 0 atom stereocenters. The molecule has 0 amide bonds. The van der Waals surface area contributed by atoms with Crippen LogP contribution in [0.25, 0.3) is 5.57 Å². The predicted molar refractivity (Wildman–Crippen MR) is 113 cm³/mol. The van der Waals surface area contributed by atoms with E-state index in [4.69, 9.17) is 18.0 Å². The minimum Gasteiger partial charge on any atom is -0.399 e. The summed E-state index contributed by atoms with van der Waals surface area (Å²) in [6.07, 6.45) is 2.04. The molecule has 0 aromatic heterocycles. The molecule has 1 fully saturated rings. The summed E-state index contributed by atoms with van der Waals surface area (Å²) in [6, 6.07) is 16.4. The third-order valence-corrected chi connectivity index (χ3v) is 5.31. The lowest BCUT2D eigenvalue weighted by Crippen LogP contribution is -2.51. The van der Waals surface area contributed by atoms with Crippen LogP contribution in [0.1, 0.15) is 5.56 Å². The van der Waals surface area contributed by atoms with E-state index < -0.39 is 0 Å². The molecule has 0 bridgehead atoms. The number of anilines is 3. The van der Waals surface area contributed by atoms with Crippen LogP contribution in [0.5, 0.6) is 0 Å². The van der Waals surface area contributed by atoms with Crippen LogP contribution in [0, 0.1) is 0 Å². The topological polar surface area (TPSA) is 56.6 Å². The maximum atomic E-state index is 5.77. The summed E-state index contributed by atoms with van der Waals surface area (Å²) in [5.41, 5.74) is 11.5. The molecule has 5 nitrogen and oxygen atoms in total. The number of nitrogens with one attached hydrogen (secondary N) is 2. The van der Waals surface area contributed by atoms with Crippen LogP contribution in [-0.2, 0) is 0 Å². The van der Waals surface area contributed by atoms with E-state index in [0.29, 0.717) is 0 Å². The Bertz CT molecular complexity index is 822. The number of hydrogen-bond acceptors (Lipinski definition) is 4. The lowest BCUT2D eigenvalue weighted by molar-refractivity contribution is 0.384. The second kappa shape index (κ2) is 7.25. The van der Waals surface area contributed by atoms with Crippen molar-refractivity contribution in [2.45, 2.75) is 0 Å². The van der Waals surface area contributed by atoms with Crippen molar-refractivity contribution in [3.63, 3.8) is 0 Å². The average molecular weight is 366 g/mol. The molecule has 2 aromatic carbocycles. The van der Waals surface area contributed by atoms with Gasteiger partial charge in [0.2, 0.25) is 0 Å². The highest BCUT2D eigenvalue weighted by atomic mass is 32.1. The first-order valence-electron chi connectivity index (χ1n) is 8.89. The first-order chi connectivity index (χ1) is 12.7. The Labute approximate surface area is 159 Å². The van der Waals surface area contributed by atoms with Crippen molar-refractivity contribution in [2.24, 2.45) is 0 Å². The Hall–Kier alpha value is -2.73. The molecule has 6 heteroatoms. The van der Waals surface area contributed by atoms with Crippen LogP contribution in [-0.4, -0.2) is 42.7 Å². The van der Waals surface area contributed by atoms with Crippen LogP contribution in [0.15, 0.2) is 54.7 Å². The second-order valence-electron chi connectivity index (χ2n) is 6.58. The van der Waals surface area contributed by atoms with Crippen LogP contribution in [0.3, 0.4) is 0 Å². The van der Waals surface area contributed by atoms with Gasteiger partial charge in [-0.25, -0.2) is 0 Å². The van der Waals surface area contributed by atoms with Gasteiger partial charge in [-0.15, -0.1) is 0 Å². The quantitative estimate of drug-likeness (QED) is 0.562.